The van der Waals surface area contributed by atoms with Crippen LogP contribution in [-0.2, 0) is 17.1 Å². The van der Waals surface area contributed by atoms with E-state index in [0.29, 0.717) is 12.2 Å². The Morgan fingerprint density at radius 3 is 2.75 bits per heavy atom. The first kappa shape index (κ1) is 15.1. The minimum atomic E-state index is -3.59. The number of hydrogen-bond donors (Lipinski definition) is 2. The highest BCUT2D eigenvalue weighted by atomic mass is 32.2. The Kier molecular flexibility index (Phi) is 4.49. The zero-order valence-corrected chi connectivity index (χ0v) is 12.8. The minimum Gasteiger partial charge on any atom is -0.381 e. The van der Waals surface area contributed by atoms with Crippen molar-refractivity contribution in [1.82, 2.24) is 14.5 Å². The van der Waals surface area contributed by atoms with Crippen molar-refractivity contribution in [2.45, 2.75) is 43.9 Å². The van der Waals surface area contributed by atoms with Crippen molar-refractivity contribution in [2.24, 2.45) is 7.05 Å². The molecule has 0 fully saturated rings. The molecule has 112 valence electrons. The predicted octanol–water partition coefficient (Wildman–Crippen LogP) is 1.48. The molecular weight excluding hydrogens is 276 g/mol. The van der Waals surface area contributed by atoms with E-state index < -0.39 is 10.0 Å². The number of allylic oxidation sites excluding steroid dienone is 1. The second kappa shape index (κ2) is 5.97. The van der Waals surface area contributed by atoms with E-state index in [1.165, 1.54) is 23.1 Å². The molecule has 1 aromatic rings. The van der Waals surface area contributed by atoms with E-state index in [9.17, 15) is 8.42 Å². The van der Waals surface area contributed by atoms with Crippen LogP contribution in [0.1, 0.15) is 37.8 Å². The SMILES string of the molecule is Cc1c(S(=O)(=O)NCCC2=CCCCC2)c(N)nn1C. The lowest BCUT2D eigenvalue weighted by atomic mass is 9.97. The van der Waals surface area contributed by atoms with Gasteiger partial charge in [0.1, 0.15) is 4.90 Å². The molecule has 20 heavy (non-hydrogen) atoms. The molecule has 2 rings (SSSR count). The standard InChI is InChI=1S/C13H22N4O2S/c1-10-12(13(14)16-17(10)2)20(18,19)15-9-8-11-6-4-3-5-7-11/h6,15H,3-5,7-9H2,1-2H3,(H2,14,16). The van der Waals surface area contributed by atoms with Gasteiger partial charge < -0.3 is 5.73 Å². The van der Waals surface area contributed by atoms with Gasteiger partial charge in [0.2, 0.25) is 10.0 Å². The number of nitrogen functional groups attached to an aromatic ring is 1. The normalized spacial score (nSPS) is 16.2. The third-order valence-electron chi connectivity index (χ3n) is 3.70. The van der Waals surface area contributed by atoms with Gasteiger partial charge in [0, 0.05) is 13.6 Å². The molecule has 1 aliphatic rings. The Bertz CT molecular complexity index is 617. The van der Waals surface area contributed by atoms with Crippen LogP contribution in [0.3, 0.4) is 0 Å². The summed E-state index contributed by atoms with van der Waals surface area (Å²) in [5, 5.41) is 3.94. The van der Waals surface area contributed by atoms with Crippen LogP contribution < -0.4 is 10.5 Å². The number of nitrogens with two attached hydrogens (primary N) is 1. The molecule has 0 saturated heterocycles. The fraction of sp³-hybridized carbons (Fsp3) is 0.615. The Morgan fingerprint density at radius 2 is 2.20 bits per heavy atom. The summed E-state index contributed by atoms with van der Waals surface area (Å²) in [4.78, 5) is 0.0950. The first-order valence-corrected chi connectivity index (χ1v) is 8.37. The number of hydrogen-bond acceptors (Lipinski definition) is 4. The van der Waals surface area contributed by atoms with Gasteiger partial charge in [0.25, 0.3) is 0 Å². The van der Waals surface area contributed by atoms with Gasteiger partial charge in [-0.25, -0.2) is 13.1 Å². The molecule has 0 saturated carbocycles. The van der Waals surface area contributed by atoms with E-state index in [1.807, 2.05) is 0 Å². The van der Waals surface area contributed by atoms with Gasteiger partial charge in [0.05, 0.1) is 5.69 Å². The van der Waals surface area contributed by atoms with Crippen molar-refractivity contribution < 1.29 is 8.42 Å². The zero-order chi connectivity index (χ0) is 14.8. The Labute approximate surface area is 120 Å². The average molecular weight is 298 g/mol. The average Bonchev–Trinajstić information content (AvgIpc) is 2.64. The molecule has 0 bridgehead atoms. The summed E-state index contributed by atoms with van der Waals surface area (Å²) in [6, 6.07) is 0. The van der Waals surface area contributed by atoms with Crippen molar-refractivity contribution in [3.63, 3.8) is 0 Å². The van der Waals surface area contributed by atoms with Crippen molar-refractivity contribution in [3.05, 3.63) is 17.3 Å². The molecule has 1 heterocycles. The van der Waals surface area contributed by atoms with Crippen LogP contribution in [0.15, 0.2) is 16.5 Å². The maximum atomic E-state index is 12.3. The summed E-state index contributed by atoms with van der Waals surface area (Å²) in [5.74, 6) is 0.0504. The second-order valence-electron chi connectivity index (χ2n) is 5.18. The summed E-state index contributed by atoms with van der Waals surface area (Å²) < 4.78 is 28.6. The summed E-state index contributed by atoms with van der Waals surface area (Å²) in [6.07, 6.45) is 7.61. The van der Waals surface area contributed by atoms with Gasteiger partial charge in [-0.3, -0.25) is 4.68 Å². The first-order valence-electron chi connectivity index (χ1n) is 6.88. The van der Waals surface area contributed by atoms with Crippen molar-refractivity contribution in [3.8, 4) is 0 Å². The van der Waals surface area contributed by atoms with Gasteiger partial charge in [-0.15, -0.1) is 0 Å². The van der Waals surface area contributed by atoms with E-state index >= 15 is 0 Å². The van der Waals surface area contributed by atoms with Gasteiger partial charge in [-0.2, -0.15) is 5.10 Å². The lowest BCUT2D eigenvalue weighted by Crippen LogP contribution is -2.26. The summed E-state index contributed by atoms with van der Waals surface area (Å²) in [6.45, 7) is 2.10. The van der Waals surface area contributed by atoms with E-state index in [2.05, 4.69) is 15.9 Å². The number of sulfonamides is 1. The summed E-state index contributed by atoms with van der Waals surface area (Å²) >= 11 is 0. The lowest BCUT2D eigenvalue weighted by Gasteiger charge is -2.13. The highest BCUT2D eigenvalue weighted by molar-refractivity contribution is 7.89. The molecular formula is C13H22N4O2S. The van der Waals surface area contributed by atoms with E-state index in [4.69, 9.17) is 5.73 Å². The molecule has 0 atom stereocenters. The molecule has 0 spiro atoms. The summed E-state index contributed by atoms with van der Waals surface area (Å²) in [7, 11) is -1.91. The van der Waals surface area contributed by atoms with Gasteiger partial charge in [-0.05, 0) is 39.0 Å². The second-order valence-corrected chi connectivity index (χ2v) is 6.88. The molecule has 0 aromatic carbocycles. The van der Waals surface area contributed by atoms with Crippen LogP contribution in [0.25, 0.3) is 0 Å². The lowest BCUT2D eigenvalue weighted by molar-refractivity contribution is 0.578. The highest BCUT2D eigenvalue weighted by Gasteiger charge is 2.24. The topological polar surface area (TPSA) is 90.0 Å². The van der Waals surface area contributed by atoms with Crippen molar-refractivity contribution in [2.75, 3.05) is 12.3 Å². The number of aromatic nitrogens is 2. The monoisotopic (exact) mass is 298 g/mol. The van der Waals surface area contributed by atoms with Gasteiger partial charge >= 0.3 is 0 Å². The Hall–Kier alpha value is -1.34. The molecule has 1 aliphatic carbocycles. The minimum absolute atomic E-state index is 0.0504. The van der Waals surface area contributed by atoms with E-state index in [-0.39, 0.29) is 10.7 Å². The number of nitrogens with one attached hydrogen (secondary N) is 1. The van der Waals surface area contributed by atoms with Crippen molar-refractivity contribution in [1.29, 1.82) is 0 Å². The van der Waals surface area contributed by atoms with E-state index in [0.717, 1.165) is 19.3 Å². The van der Waals surface area contributed by atoms with Crippen LogP contribution in [0.5, 0.6) is 0 Å². The Balaban J connectivity index is 2.02. The molecule has 6 nitrogen and oxygen atoms in total. The fourth-order valence-corrected chi connectivity index (χ4v) is 3.85. The maximum Gasteiger partial charge on any atom is 0.246 e. The largest absolute Gasteiger partial charge is 0.381 e. The van der Waals surface area contributed by atoms with Crippen LogP contribution in [0.4, 0.5) is 5.82 Å². The van der Waals surface area contributed by atoms with Crippen molar-refractivity contribution >= 4 is 15.8 Å². The quantitative estimate of drug-likeness (QED) is 0.806. The zero-order valence-electron chi connectivity index (χ0n) is 12.0. The molecule has 3 N–H and O–H groups in total. The molecule has 7 heteroatoms. The van der Waals surface area contributed by atoms with E-state index in [1.54, 1.807) is 14.0 Å². The van der Waals surface area contributed by atoms with Crippen LogP contribution in [0.2, 0.25) is 0 Å². The molecule has 0 amide bonds. The smallest absolute Gasteiger partial charge is 0.246 e. The third kappa shape index (κ3) is 3.21. The van der Waals surface area contributed by atoms with Crippen LogP contribution >= 0.6 is 0 Å². The van der Waals surface area contributed by atoms with Gasteiger partial charge in [-0.1, -0.05) is 11.6 Å². The number of rotatable bonds is 5. The third-order valence-corrected chi connectivity index (χ3v) is 5.32. The highest BCUT2D eigenvalue weighted by Crippen LogP contribution is 2.22. The maximum absolute atomic E-state index is 12.3. The number of aryl methyl sites for hydroxylation is 1. The molecule has 0 unspecified atom stereocenters. The summed E-state index contributed by atoms with van der Waals surface area (Å²) in [5.41, 5.74) is 7.57. The fourth-order valence-electron chi connectivity index (χ4n) is 2.50. The Morgan fingerprint density at radius 1 is 1.45 bits per heavy atom. The number of anilines is 1. The number of nitrogens with zero attached hydrogens (tertiary/aromatic N) is 2. The van der Waals surface area contributed by atoms with Crippen LogP contribution in [-0.4, -0.2) is 24.7 Å². The first-order chi connectivity index (χ1) is 9.42. The molecule has 1 aromatic heterocycles. The predicted molar refractivity (Wildman–Crippen MR) is 78.7 cm³/mol. The molecule has 0 aliphatic heterocycles. The molecule has 0 radical (unpaired) electrons. The van der Waals surface area contributed by atoms with Crippen LogP contribution in [0, 0.1) is 6.92 Å². The van der Waals surface area contributed by atoms with Gasteiger partial charge in [0.15, 0.2) is 5.82 Å².